The molecular weight excluding hydrogens is 342 g/mol. The number of carbonyl (C=O) groups excluding carboxylic acids is 2. The zero-order valence-electron chi connectivity index (χ0n) is 15.4. The molecule has 1 atom stereocenters. The Morgan fingerprint density at radius 3 is 2.93 bits per heavy atom. The maximum Gasteiger partial charge on any atom is 0.255 e. The van der Waals surface area contributed by atoms with Crippen LogP contribution in [0.5, 0.6) is 0 Å². The molecule has 6 nitrogen and oxygen atoms in total. The molecule has 0 saturated carbocycles. The molecule has 0 bridgehead atoms. The number of likely N-dealkylation sites (tertiary alicyclic amines) is 2. The Morgan fingerprint density at radius 2 is 2.07 bits per heavy atom. The van der Waals surface area contributed by atoms with Gasteiger partial charge in [0.05, 0.1) is 17.7 Å². The summed E-state index contributed by atoms with van der Waals surface area (Å²) in [5.74, 6) is 0.120. The number of hydrogen-bond donors (Lipinski definition) is 1. The molecule has 2 amide bonds. The lowest BCUT2D eigenvalue weighted by atomic mass is 9.73. The van der Waals surface area contributed by atoms with Crippen LogP contribution in [0.2, 0.25) is 0 Å². The maximum atomic E-state index is 13.1. The minimum absolute atomic E-state index is 0.0120. The van der Waals surface area contributed by atoms with Gasteiger partial charge in [-0.25, -0.2) is 0 Å². The molecule has 2 fully saturated rings. The number of aromatic nitrogens is 1. The van der Waals surface area contributed by atoms with Crippen LogP contribution in [-0.4, -0.2) is 64.5 Å². The highest BCUT2D eigenvalue weighted by molar-refractivity contribution is 5.97. The summed E-state index contributed by atoms with van der Waals surface area (Å²) in [6.45, 7) is 2.39. The topological polar surface area (TPSA) is 73.7 Å². The number of aliphatic hydroxyl groups is 1. The van der Waals surface area contributed by atoms with Gasteiger partial charge in [0.25, 0.3) is 5.91 Å². The van der Waals surface area contributed by atoms with Gasteiger partial charge in [0.1, 0.15) is 0 Å². The van der Waals surface area contributed by atoms with E-state index in [9.17, 15) is 14.7 Å². The predicted molar refractivity (Wildman–Crippen MR) is 102 cm³/mol. The van der Waals surface area contributed by atoms with Gasteiger partial charge in [-0.05, 0) is 31.4 Å². The molecule has 2 aliphatic rings. The van der Waals surface area contributed by atoms with E-state index in [0.717, 1.165) is 36.7 Å². The molecule has 1 aromatic carbocycles. The quantitative estimate of drug-likeness (QED) is 0.901. The molecule has 6 heteroatoms. The van der Waals surface area contributed by atoms with Crippen molar-refractivity contribution in [3.05, 3.63) is 42.1 Å². The lowest BCUT2D eigenvalue weighted by Crippen LogP contribution is -2.55. The van der Waals surface area contributed by atoms with Crippen LogP contribution in [0.15, 0.2) is 36.5 Å². The number of benzene rings is 1. The van der Waals surface area contributed by atoms with Gasteiger partial charge in [-0.3, -0.25) is 14.6 Å². The summed E-state index contributed by atoms with van der Waals surface area (Å²) in [5, 5.41) is 10.2. The van der Waals surface area contributed by atoms with Crippen molar-refractivity contribution in [1.82, 2.24) is 14.8 Å². The van der Waals surface area contributed by atoms with Crippen LogP contribution in [0, 0.1) is 5.41 Å². The number of piperidine rings is 2. The molecule has 27 heavy (non-hydrogen) atoms. The van der Waals surface area contributed by atoms with Crippen molar-refractivity contribution in [1.29, 1.82) is 0 Å². The van der Waals surface area contributed by atoms with Crippen molar-refractivity contribution >= 4 is 22.7 Å². The van der Waals surface area contributed by atoms with E-state index >= 15 is 0 Å². The number of hydrogen-bond acceptors (Lipinski definition) is 4. The van der Waals surface area contributed by atoms with Crippen LogP contribution in [0.4, 0.5) is 0 Å². The van der Waals surface area contributed by atoms with Crippen molar-refractivity contribution in [3.8, 4) is 0 Å². The number of carbonyl (C=O) groups is 2. The first-order valence-corrected chi connectivity index (χ1v) is 9.63. The molecule has 2 aromatic rings. The summed E-state index contributed by atoms with van der Waals surface area (Å²) in [6.07, 6.45) is 4.93. The second-order valence-electron chi connectivity index (χ2n) is 7.79. The molecule has 2 saturated heterocycles. The lowest BCUT2D eigenvalue weighted by Gasteiger charge is -2.48. The maximum absolute atomic E-state index is 13.1. The summed E-state index contributed by atoms with van der Waals surface area (Å²) >= 11 is 0. The van der Waals surface area contributed by atoms with E-state index in [1.54, 1.807) is 11.1 Å². The van der Waals surface area contributed by atoms with E-state index in [4.69, 9.17) is 0 Å². The van der Waals surface area contributed by atoms with Gasteiger partial charge in [-0.2, -0.15) is 0 Å². The van der Waals surface area contributed by atoms with Crippen LogP contribution in [0.25, 0.3) is 10.9 Å². The zero-order valence-corrected chi connectivity index (χ0v) is 15.4. The van der Waals surface area contributed by atoms with Gasteiger partial charge in [0.15, 0.2) is 0 Å². The molecule has 0 aliphatic carbocycles. The van der Waals surface area contributed by atoms with Gasteiger partial charge in [0, 0.05) is 49.6 Å². The Hall–Kier alpha value is -2.47. The average molecular weight is 367 g/mol. The molecule has 2 aliphatic heterocycles. The van der Waals surface area contributed by atoms with E-state index in [2.05, 4.69) is 4.98 Å². The Bertz CT molecular complexity index is 869. The highest BCUT2D eigenvalue weighted by Crippen LogP contribution is 2.39. The third-order valence-corrected chi connectivity index (χ3v) is 5.90. The minimum atomic E-state index is -0.0543. The number of amides is 2. The van der Waals surface area contributed by atoms with E-state index in [1.165, 1.54) is 0 Å². The molecule has 1 spiro atoms. The monoisotopic (exact) mass is 367 g/mol. The standard InChI is InChI=1S/C21H25N3O3/c25-11-10-23-14-21(8-6-19(23)26)7-3-9-24(15-21)20(27)17-12-16-4-1-2-5-18(16)22-13-17/h1-2,4-5,12-13,25H,3,6-11,14-15H2/t21-/m0/s1. The number of β-amino-alcohol motifs (C(OH)–C–C–N with tert-alkyl or cyclic N) is 1. The molecule has 1 aromatic heterocycles. The number of pyridine rings is 1. The van der Waals surface area contributed by atoms with E-state index < -0.39 is 0 Å². The smallest absolute Gasteiger partial charge is 0.255 e. The summed E-state index contributed by atoms with van der Waals surface area (Å²) in [7, 11) is 0. The molecule has 142 valence electrons. The van der Waals surface area contributed by atoms with Gasteiger partial charge in [0.2, 0.25) is 5.91 Å². The Morgan fingerprint density at radius 1 is 1.22 bits per heavy atom. The lowest BCUT2D eigenvalue weighted by molar-refractivity contribution is -0.139. The number of aliphatic hydroxyl groups excluding tert-OH is 1. The highest BCUT2D eigenvalue weighted by atomic mass is 16.3. The van der Waals surface area contributed by atoms with E-state index in [0.29, 0.717) is 31.6 Å². The van der Waals surface area contributed by atoms with Gasteiger partial charge < -0.3 is 14.9 Å². The highest BCUT2D eigenvalue weighted by Gasteiger charge is 2.42. The second-order valence-corrected chi connectivity index (χ2v) is 7.79. The van der Waals surface area contributed by atoms with Crippen molar-refractivity contribution in [2.75, 3.05) is 32.8 Å². The summed E-state index contributed by atoms with van der Waals surface area (Å²) in [4.78, 5) is 33.3. The molecule has 4 rings (SSSR count). The molecule has 3 heterocycles. The van der Waals surface area contributed by atoms with Crippen LogP contribution in [0.3, 0.4) is 0 Å². The minimum Gasteiger partial charge on any atom is -0.395 e. The molecule has 0 unspecified atom stereocenters. The van der Waals surface area contributed by atoms with E-state index in [-0.39, 0.29) is 23.8 Å². The van der Waals surface area contributed by atoms with Crippen molar-refractivity contribution in [2.45, 2.75) is 25.7 Å². The van der Waals surface area contributed by atoms with Crippen LogP contribution >= 0.6 is 0 Å². The molecule has 1 N–H and O–H groups in total. The van der Waals surface area contributed by atoms with Crippen LogP contribution in [-0.2, 0) is 4.79 Å². The first-order valence-electron chi connectivity index (χ1n) is 9.63. The summed E-state index contributed by atoms with van der Waals surface area (Å²) in [6, 6.07) is 9.70. The number of nitrogens with zero attached hydrogens (tertiary/aromatic N) is 3. The molecule has 0 radical (unpaired) electrons. The summed E-state index contributed by atoms with van der Waals surface area (Å²) in [5.41, 5.74) is 1.45. The van der Waals surface area contributed by atoms with Gasteiger partial charge >= 0.3 is 0 Å². The zero-order chi connectivity index (χ0) is 18.9. The Balaban J connectivity index is 1.53. The Kier molecular flexibility index (Phi) is 4.83. The normalized spacial score (nSPS) is 23.2. The van der Waals surface area contributed by atoms with Gasteiger partial charge in [-0.1, -0.05) is 18.2 Å². The van der Waals surface area contributed by atoms with Gasteiger partial charge in [-0.15, -0.1) is 0 Å². The third-order valence-electron chi connectivity index (χ3n) is 5.90. The van der Waals surface area contributed by atoms with Crippen LogP contribution < -0.4 is 0 Å². The fourth-order valence-electron chi connectivity index (χ4n) is 4.51. The fourth-order valence-corrected chi connectivity index (χ4v) is 4.51. The predicted octanol–water partition coefficient (Wildman–Crippen LogP) is 2.07. The van der Waals surface area contributed by atoms with Crippen molar-refractivity contribution in [3.63, 3.8) is 0 Å². The first kappa shape index (κ1) is 17.9. The number of rotatable bonds is 3. The van der Waals surface area contributed by atoms with Crippen molar-refractivity contribution in [2.24, 2.45) is 5.41 Å². The average Bonchev–Trinajstić information content (AvgIpc) is 2.70. The largest absolute Gasteiger partial charge is 0.395 e. The fraction of sp³-hybridized carbons (Fsp3) is 0.476. The second kappa shape index (κ2) is 7.27. The first-order chi connectivity index (χ1) is 13.1. The Labute approximate surface area is 158 Å². The summed E-state index contributed by atoms with van der Waals surface area (Å²) < 4.78 is 0. The third kappa shape index (κ3) is 3.54. The molecular formula is C21H25N3O3. The van der Waals surface area contributed by atoms with E-state index in [1.807, 2.05) is 35.2 Å². The number of fused-ring (bicyclic) bond motifs is 1. The van der Waals surface area contributed by atoms with Crippen molar-refractivity contribution < 1.29 is 14.7 Å². The SMILES string of the molecule is O=C1CC[C@@]2(CCCN(C(=O)c3cnc4ccccc4c3)C2)CN1CCO. The number of para-hydroxylation sites is 1. The van der Waals surface area contributed by atoms with Crippen LogP contribution in [0.1, 0.15) is 36.0 Å².